The fourth-order valence-electron chi connectivity index (χ4n) is 5.51. The maximum Gasteiger partial charge on any atom is 0.422 e. The number of fused-ring (bicyclic) bond motifs is 1. The molecule has 228 valence electrons. The zero-order valence-electron chi connectivity index (χ0n) is 24.8. The largest absolute Gasteiger partial charge is 0.457 e. The lowest BCUT2D eigenvalue weighted by Gasteiger charge is -2.29. The Kier molecular flexibility index (Phi) is 10.5. The van der Waals surface area contributed by atoms with Crippen molar-refractivity contribution < 1.29 is 37.0 Å². The van der Waals surface area contributed by atoms with Crippen molar-refractivity contribution in [1.29, 1.82) is 0 Å². The summed E-state index contributed by atoms with van der Waals surface area (Å²) in [4.78, 5) is 44.8. The third-order valence-corrected chi connectivity index (χ3v) is 8.00. The van der Waals surface area contributed by atoms with Crippen LogP contribution in [0.1, 0.15) is 83.7 Å². The third kappa shape index (κ3) is 8.94. The summed E-state index contributed by atoms with van der Waals surface area (Å²) < 4.78 is 50.7. The Morgan fingerprint density at radius 1 is 1.17 bits per heavy atom. The summed E-state index contributed by atoms with van der Waals surface area (Å²) in [5, 5.41) is 0. The number of aryl methyl sites for hydroxylation is 2. The van der Waals surface area contributed by atoms with Crippen molar-refractivity contribution in [3.05, 3.63) is 29.6 Å². The van der Waals surface area contributed by atoms with Crippen molar-refractivity contribution in [3.8, 4) is 0 Å². The van der Waals surface area contributed by atoms with E-state index in [0.717, 1.165) is 11.3 Å². The Labute approximate surface area is 239 Å². The van der Waals surface area contributed by atoms with E-state index in [0.29, 0.717) is 36.8 Å². The van der Waals surface area contributed by atoms with Crippen LogP contribution in [0.3, 0.4) is 0 Å². The van der Waals surface area contributed by atoms with Gasteiger partial charge in [0.05, 0.1) is 11.0 Å². The molecule has 0 saturated carbocycles. The first-order valence-corrected chi connectivity index (χ1v) is 14.2. The molecule has 2 aromatic rings. The van der Waals surface area contributed by atoms with Gasteiger partial charge >= 0.3 is 18.2 Å². The van der Waals surface area contributed by atoms with E-state index in [2.05, 4.69) is 9.72 Å². The lowest BCUT2D eigenvalue weighted by Crippen LogP contribution is -2.37. The summed E-state index contributed by atoms with van der Waals surface area (Å²) in [5.74, 6) is 0.331. The van der Waals surface area contributed by atoms with Gasteiger partial charge < -0.3 is 18.9 Å². The summed E-state index contributed by atoms with van der Waals surface area (Å²) in [6.45, 7) is 8.02. The van der Waals surface area contributed by atoms with E-state index < -0.39 is 36.4 Å². The highest BCUT2D eigenvalue weighted by Gasteiger charge is 2.34. The Hall–Kier alpha value is -3.11. The predicted molar refractivity (Wildman–Crippen MR) is 148 cm³/mol. The molecule has 1 aliphatic heterocycles. The Morgan fingerprint density at radius 2 is 1.88 bits per heavy atom. The van der Waals surface area contributed by atoms with Gasteiger partial charge in [-0.2, -0.15) is 13.2 Å². The number of carbonyl (C=O) groups excluding carboxylic acids is 3. The van der Waals surface area contributed by atoms with Crippen molar-refractivity contribution >= 4 is 28.9 Å². The number of hydrogen-bond acceptors (Lipinski definition) is 6. The lowest BCUT2D eigenvalue weighted by molar-refractivity contribution is -0.162. The highest BCUT2D eigenvalue weighted by atomic mass is 19.4. The van der Waals surface area contributed by atoms with E-state index >= 15 is 0 Å². The molecule has 1 amide bonds. The van der Waals surface area contributed by atoms with Gasteiger partial charge in [0.2, 0.25) is 0 Å². The summed E-state index contributed by atoms with van der Waals surface area (Å²) in [7, 11) is 1.89. The van der Waals surface area contributed by atoms with E-state index in [1.165, 1.54) is 4.90 Å². The SMILES string of the molecule is Cc1nc2cc([C@@H]3CCN(C(=O)OCC(F)(F)F)CCC[C@@H](C)C[C@@H](C)C(=O)C(C)(C)CCC(=O)O3)ccc2n1C. The standard InChI is InChI=1S/C30H42F3N3O5/c1-19-8-7-14-36(28(39)40-18-30(31,32)33)15-12-25(22-9-10-24-23(17-22)34-21(3)35(24)6)41-26(37)11-13-29(4,5)27(38)20(2)16-19/h9-10,17,19-20,25H,7-8,11-16,18H2,1-6H3/t19-,20-,25+/m1/s1. The Morgan fingerprint density at radius 3 is 2.56 bits per heavy atom. The topological polar surface area (TPSA) is 90.7 Å². The minimum atomic E-state index is -4.64. The second kappa shape index (κ2) is 13.2. The molecule has 1 saturated heterocycles. The number of benzene rings is 1. The molecular weight excluding hydrogens is 539 g/mol. The van der Waals surface area contributed by atoms with Crippen LogP contribution in [0.5, 0.6) is 0 Å². The Bertz CT molecular complexity index is 1240. The quantitative estimate of drug-likeness (QED) is 0.367. The van der Waals surface area contributed by atoms with Gasteiger partial charge in [0, 0.05) is 44.3 Å². The molecule has 1 aromatic heterocycles. The molecule has 41 heavy (non-hydrogen) atoms. The molecule has 0 unspecified atom stereocenters. The van der Waals surface area contributed by atoms with Gasteiger partial charge in [-0.15, -0.1) is 0 Å². The van der Waals surface area contributed by atoms with Crippen molar-refractivity contribution in [2.75, 3.05) is 19.7 Å². The third-order valence-electron chi connectivity index (χ3n) is 8.00. The number of nitrogens with zero attached hydrogens (tertiary/aromatic N) is 3. The highest BCUT2D eigenvalue weighted by molar-refractivity contribution is 5.86. The van der Waals surface area contributed by atoms with Gasteiger partial charge in [0.1, 0.15) is 17.7 Å². The molecule has 1 fully saturated rings. The number of cyclic esters (lactones) is 1. The summed E-state index contributed by atoms with van der Waals surface area (Å²) in [6, 6.07) is 5.52. The fourth-order valence-corrected chi connectivity index (χ4v) is 5.51. The van der Waals surface area contributed by atoms with Crippen LogP contribution in [-0.4, -0.2) is 58.2 Å². The zero-order chi connectivity index (χ0) is 30.5. The first-order valence-electron chi connectivity index (χ1n) is 14.2. The van der Waals surface area contributed by atoms with E-state index in [9.17, 15) is 27.6 Å². The van der Waals surface area contributed by atoms with Gasteiger partial charge in [-0.1, -0.05) is 33.8 Å². The zero-order valence-corrected chi connectivity index (χ0v) is 24.8. The minimum Gasteiger partial charge on any atom is -0.457 e. The van der Waals surface area contributed by atoms with E-state index in [-0.39, 0.29) is 43.6 Å². The van der Waals surface area contributed by atoms with Gasteiger partial charge in [0.25, 0.3) is 0 Å². The van der Waals surface area contributed by atoms with Crippen LogP contribution in [0.4, 0.5) is 18.0 Å². The molecule has 0 aliphatic carbocycles. The number of carbonyl (C=O) groups is 3. The molecule has 0 radical (unpaired) electrons. The molecule has 1 aromatic carbocycles. The summed E-state index contributed by atoms with van der Waals surface area (Å²) in [6.07, 6.45) is -4.13. The average molecular weight is 582 g/mol. The molecule has 8 nitrogen and oxygen atoms in total. The van der Waals surface area contributed by atoms with Crippen molar-refractivity contribution in [3.63, 3.8) is 0 Å². The molecule has 0 bridgehead atoms. The number of halogens is 3. The second-order valence-corrected chi connectivity index (χ2v) is 12.0. The van der Waals surface area contributed by atoms with Crippen LogP contribution in [0.2, 0.25) is 0 Å². The number of rotatable bonds is 2. The van der Waals surface area contributed by atoms with Crippen molar-refractivity contribution in [1.82, 2.24) is 14.5 Å². The summed E-state index contributed by atoms with van der Waals surface area (Å²) >= 11 is 0. The lowest BCUT2D eigenvalue weighted by atomic mass is 9.76. The second-order valence-electron chi connectivity index (χ2n) is 12.0. The van der Waals surface area contributed by atoms with Crippen LogP contribution in [0.15, 0.2) is 18.2 Å². The molecule has 0 spiro atoms. The van der Waals surface area contributed by atoms with Gasteiger partial charge in [-0.05, 0) is 56.2 Å². The van der Waals surface area contributed by atoms with E-state index in [1.807, 2.05) is 64.4 Å². The molecule has 2 heterocycles. The van der Waals surface area contributed by atoms with Crippen molar-refractivity contribution in [2.45, 2.75) is 85.4 Å². The van der Waals surface area contributed by atoms with Crippen LogP contribution >= 0.6 is 0 Å². The molecular formula is C30H42F3N3O5. The molecule has 3 rings (SSSR count). The number of Topliss-reactive ketones (excluding diaryl/α,β-unsaturated/α-hetero) is 1. The Balaban J connectivity index is 1.90. The van der Waals surface area contributed by atoms with E-state index in [1.54, 1.807) is 0 Å². The van der Waals surface area contributed by atoms with Crippen LogP contribution < -0.4 is 0 Å². The van der Waals surface area contributed by atoms with E-state index in [4.69, 9.17) is 4.74 Å². The maximum atomic E-state index is 13.2. The number of ether oxygens (including phenoxy) is 2. The molecule has 11 heteroatoms. The first kappa shape index (κ1) is 32.4. The number of amides is 1. The number of imidazole rings is 1. The molecule has 3 atom stereocenters. The fraction of sp³-hybridized carbons (Fsp3) is 0.667. The minimum absolute atomic E-state index is 0.0276. The molecule has 1 aliphatic rings. The smallest absolute Gasteiger partial charge is 0.422 e. The highest BCUT2D eigenvalue weighted by Crippen LogP contribution is 2.33. The summed E-state index contributed by atoms with van der Waals surface area (Å²) in [5.41, 5.74) is 1.56. The predicted octanol–water partition coefficient (Wildman–Crippen LogP) is 6.69. The number of aromatic nitrogens is 2. The van der Waals surface area contributed by atoms with Gasteiger partial charge in [-0.3, -0.25) is 9.59 Å². The van der Waals surface area contributed by atoms with Gasteiger partial charge in [0.15, 0.2) is 6.61 Å². The first-order chi connectivity index (χ1) is 19.1. The number of esters is 1. The normalized spacial score (nSPS) is 23.8. The average Bonchev–Trinajstić information content (AvgIpc) is 3.18. The van der Waals surface area contributed by atoms with Crippen molar-refractivity contribution in [2.24, 2.45) is 24.3 Å². The van der Waals surface area contributed by atoms with Crippen LogP contribution in [0.25, 0.3) is 11.0 Å². The number of hydrogen-bond donors (Lipinski definition) is 0. The molecule has 0 N–H and O–H groups in total. The maximum absolute atomic E-state index is 13.2. The number of ketones is 1. The van der Waals surface area contributed by atoms with Crippen LogP contribution in [0, 0.1) is 24.2 Å². The monoisotopic (exact) mass is 581 g/mol. The number of alkyl halides is 3. The van der Waals surface area contributed by atoms with Crippen LogP contribution in [-0.2, 0) is 26.1 Å². The van der Waals surface area contributed by atoms with Gasteiger partial charge in [-0.25, -0.2) is 9.78 Å².